The van der Waals surface area contributed by atoms with Gasteiger partial charge >= 0.3 is 0 Å². The highest BCUT2D eigenvalue weighted by atomic mass is 16.5. The van der Waals surface area contributed by atoms with Crippen LogP contribution in [0.5, 0.6) is 11.5 Å². The van der Waals surface area contributed by atoms with Gasteiger partial charge in [0.15, 0.2) is 11.5 Å². The minimum atomic E-state index is -0.000688. The molecule has 0 saturated carbocycles. The Balaban J connectivity index is 1.36. The third kappa shape index (κ3) is 6.27. The number of aryl methyl sites for hydroxylation is 1. The minimum Gasteiger partial charge on any atom is -0.493 e. The maximum Gasteiger partial charge on any atom is 0.237 e. The molecule has 1 aromatic carbocycles. The van der Waals surface area contributed by atoms with Crippen molar-refractivity contribution in [3.05, 3.63) is 54.2 Å². The van der Waals surface area contributed by atoms with Gasteiger partial charge in [0.05, 0.1) is 19.8 Å². The van der Waals surface area contributed by atoms with Gasteiger partial charge in [-0.3, -0.25) is 9.36 Å². The standard InChI is InChI=1S/C25H33N7O3/c1-4-35-21-6-5-19(14-22(21)34-3)7-8-28-24(33)15-20-16-26-10-12-32(20)23-13-18(2)29-25(30-23)31-11-9-27-17-31/h5-6,9,11,13-14,17,20,26H,4,7-8,10,12,15-16H2,1-3H3,(H,28,33). The number of rotatable bonds is 10. The SMILES string of the molecule is CCOc1ccc(CCNC(=O)CC2CNCCN2c2cc(C)nc(-n3ccnc3)n2)cc1OC. The zero-order valence-electron chi connectivity index (χ0n) is 20.5. The number of methoxy groups -OCH3 is 1. The van der Waals surface area contributed by atoms with Crippen molar-refractivity contribution in [3.8, 4) is 17.4 Å². The number of carbonyl (C=O) groups excluding carboxylic acids is 1. The summed E-state index contributed by atoms with van der Waals surface area (Å²) in [5.74, 6) is 2.84. The van der Waals surface area contributed by atoms with Crippen molar-refractivity contribution < 1.29 is 14.3 Å². The molecule has 2 aromatic heterocycles. The highest BCUT2D eigenvalue weighted by molar-refractivity contribution is 5.77. The maximum atomic E-state index is 12.8. The second-order valence-electron chi connectivity index (χ2n) is 8.41. The first-order chi connectivity index (χ1) is 17.1. The van der Waals surface area contributed by atoms with Gasteiger partial charge < -0.3 is 25.0 Å². The third-order valence-corrected chi connectivity index (χ3v) is 5.89. The van der Waals surface area contributed by atoms with E-state index in [1.54, 1.807) is 24.2 Å². The van der Waals surface area contributed by atoms with Gasteiger partial charge in [-0.25, -0.2) is 9.97 Å². The van der Waals surface area contributed by atoms with Crippen molar-refractivity contribution in [2.45, 2.75) is 32.7 Å². The van der Waals surface area contributed by atoms with Crippen LogP contribution in [0.15, 0.2) is 43.0 Å². The van der Waals surface area contributed by atoms with Crippen molar-refractivity contribution >= 4 is 11.7 Å². The van der Waals surface area contributed by atoms with Crippen LogP contribution in [0.25, 0.3) is 5.95 Å². The average molecular weight is 480 g/mol. The van der Waals surface area contributed by atoms with Crippen LogP contribution in [-0.2, 0) is 11.2 Å². The number of piperazine rings is 1. The lowest BCUT2D eigenvalue weighted by molar-refractivity contribution is -0.121. The Labute approximate surface area is 205 Å². The summed E-state index contributed by atoms with van der Waals surface area (Å²) in [6.07, 6.45) is 6.29. The van der Waals surface area contributed by atoms with E-state index in [0.717, 1.165) is 35.9 Å². The number of aromatic nitrogens is 4. The highest BCUT2D eigenvalue weighted by Crippen LogP contribution is 2.28. The number of anilines is 1. The Morgan fingerprint density at radius 3 is 2.91 bits per heavy atom. The van der Waals surface area contributed by atoms with E-state index in [1.807, 2.05) is 44.3 Å². The largest absolute Gasteiger partial charge is 0.493 e. The smallest absolute Gasteiger partial charge is 0.237 e. The number of imidazole rings is 1. The Kier molecular flexibility index (Phi) is 8.15. The van der Waals surface area contributed by atoms with E-state index in [1.165, 1.54) is 0 Å². The molecule has 1 unspecified atom stereocenters. The summed E-state index contributed by atoms with van der Waals surface area (Å²) in [7, 11) is 1.63. The van der Waals surface area contributed by atoms with Crippen LogP contribution < -0.4 is 25.0 Å². The number of nitrogens with one attached hydrogen (secondary N) is 2. The van der Waals surface area contributed by atoms with E-state index >= 15 is 0 Å². The third-order valence-electron chi connectivity index (χ3n) is 5.89. The van der Waals surface area contributed by atoms with Crippen molar-refractivity contribution in [2.24, 2.45) is 0 Å². The molecular formula is C25H33N7O3. The van der Waals surface area contributed by atoms with Gasteiger partial charge in [-0.05, 0) is 38.0 Å². The average Bonchev–Trinajstić information content (AvgIpc) is 3.40. The van der Waals surface area contributed by atoms with Crippen molar-refractivity contribution in [1.29, 1.82) is 0 Å². The second kappa shape index (κ2) is 11.7. The van der Waals surface area contributed by atoms with Gasteiger partial charge in [0.2, 0.25) is 11.9 Å². The molecule has 10 nitrogen and oxygen atoms in total. The molecule has 3 aromatic rings. The summed E-state index contributed by atoms with van der Waals surface area (Å²) in [5.41, 5.74) is 1.95. The molecule has 1 aliphatic rings. The molecule has 4 rings (SSSR count). The van der Waals surface area contributed by atoms with Crippen LogP contribution in [0.4, 0.5) is 5.82 Å². The zero-order chi connectivity index (χ0) is 24.6. The molecule has 186 valence electrons. The molecule has 1 aliphatic heterocycles. The number of carbonyl (C=O) groups is 1. The normalized spacial score (nSPS) is 15.6. The van der Waals surface area contributed by atoms with Gasteiger partial charge in [-0.15, -0.1) is 0 Å². The van der Waals surface area contributed by atoms with E-state index < -0.39 is 0 Å². The summed E-state index contributed by atoms with van der Waals surface area (Å²) in [6.45, 7) is 7.34. The second-order valence-corrected chi connectivity index (χ2v) is 8.41. The monoisotopic (exact) mass is 479 g/mol. The van der Waals surface area contributed by atoms with E-state index in [9.17, 15) is 4.79 Å². The van der Waals surface area contributed by atoms with Gasteiger partial charge in [0, 0.05) is 56.8 Å². The summed E-state index contributed by atoms with van der Waals surface area (Å²) in [5, 5.41) is 6.46. The molecule has 0 radical (unpaired) electrons. The Bertz CT molecular complexity index is 1120. The van der Waals surface area contributed by atoms with E-state index in [4.69, 9.17) is 14.5 Å². The fourth-order valence-electron chi connectivity index (χ4n) is 4.20. The minimum absolute atomic E-state index is 0.000688. The summed E-state index contributed by atoms with van der Waals surface area (Å²) >= 11 is 0. The fraction of sp³-hybridized carbons (Fsp3) is 0.440. The summed E-state index contributed by atoms with van der Waals surface area (Å²) in [4.78, 5) is 28.4. The lowest BCUT2D eigenvalue weighted by Crippen LogP contribution is -2.53. The molecule has 1 saturated heterocycles. The predicted octanol–water partition coefficient (Wildman–Crippen LogP) is 1.91. The number of benzene rings is 1. The first-order valence-corrected chi connectivity index (χ1v) is 11.9. The maximum absolute atomic E-state index is 12.8. The van der Waals surface area contributed by atoms with Crippen LogP contribution in [0.1, 0.15) is 24.6 Å². The molecule has 0 aliphatic carbocycles. The Hall–Kier alpha value is -3.66. The van der Waals surface area contributed by atoms with E-state index in [-0.39, 0.29) is 11.9 Å². The zero-order valence-corrected chi connectivity index (χ0v) is 20.5. The number of amides is 1. The van der Waals surface area contributed by atoms with Crippen LogP contribution in [0, 0.1) is 6.92 Å². The first-order valence-electron chi connectivity index (χ1n) is 11.9. The fourth-order valence-corrected chi connectivity index (χ4v) is 4.20. The molecule has 1 fully saturated rings. The lowest BCUT2D eigenvalue weighted by Gasteiger charge is -2.37. The topological polar surface area (TPSA) is 106 Å². The van der Waals surface area contributed by atoms with Gasteiger partial charge in [0.1, 0.15) is 12.1 Å². The quantitative estimate of drug-likeness (QED) is 0.454. The molecule has 10 heteroatoms. The number of nitrogens with zero attached hydrogens (tertiary/aromatic N) is 5. The highest BCUT2D eigenvalue weighted by Gasteiger charge is 2.26. The van der Waals surface area contributed by atoms with E-state index in [0.29, 0.717) is 44.2 Å². The lowest BCUT2D eigenvalue weighted by atomic mass is 10.1. The molecule has 0 bridgehead atoms. The molecule has 35 heavy (non-hydrogen) atoms. The van der Waals surface area contributed by atoms with Crippen LogP contribution in [0.3, 0.4) is 0 Å². The number of hydrogen-bond acceptors (Lipinski definition) is 8. The van der Waals surface area contributed by atoms with Crippen molar-refractivity contribution in [3.63, 3.8) is 0 Å². The summed E-state index contributed by atoms with van der Waals surface area (Å²) in [6, 6.07) is 7.84. The molecule has 0 spiro atoms. The van der Waals surface area contributed by atoms with Crippen molar-refractivity contribution in [2.75, 3.05) is 44.8 Å². The Morgan fingerprint density at radius 2 is 2.14 bits per heavy atom. The van der Waals surface area contributed by atoms with Gasteiger partial charge in [0.25, 0.3) is 0 Å². The molecule has 2 N–H and O–H groups in total. The predicted molar refractivity (Wildman–Crippen MR) is 133 cm³/mol. The molecule has 1 atom stereocenters. The molecule has 1 amide bonds. The summed E-state index contributed by atoms with van der Waals surface area (Å²) < 4.78 is 12.8. The number of hydrogen-bond donors (Lipinski definition) is 2. The van der Waals surface area contributed by atoms with E-state index in [2.05, 4.69) is 25.5 Å². The molecule has 3 heterocycles. The van der Waals surface area contributed by atoms with Crippen LogP contribution >= 0.6 is 0 Å². The molecular weight excluding hydrogens is 446 g/mol. The first kappa shape index (κ1) is 24.5. The van der Waals surface area contributed by atoms with Gasteiger partial charge in [-0.2, -0.15) is 4.98 Å². The number of ether oxygens (including phenoxy) is 2. The van der Waals surface area contributed by atoms with Gasteiger partial charge in [-0.1, -0.05) is 6.07 Å². The van der Waals surface area contributed by atoms with Crippen LogP contribution in [-0.4, -0.2) is 71.4 Å². The Morgan fingerprint density at radius 1 is 1.26 bits per heavy atom. The van der Waals surface area contributed by atoms with Crippen LogP contribution in [0.2, 0.25) is 0 Å². The van der Waals surface area contributed by atoms with Crippen molar-refractivity contribution in [1.82, 2.24) is 30.2 Å².